The number of para-hydroxylation sites is 1. The first-order chi connectivity index (χ1) is 20.0. The highest BCUT2D eigenvalue weighted by Gasteiger charge is 2.19. The maximum Gasteiger partial charge on any atom is 0.148 e. The summed E-state index contributed by atoms with van der Waals surface area (Å²) in [6, 6.07) is 13.9. The van der Waals surface area contributed by atoms with Gasteiger partial charge in [-0.05, 0) is 127 Å². The molecular formula is C34H49ClN4O2. The van der Waals surface area contributed by atoms with Gasteiger partial charge in [0.05, 0.1) is 12.1 Å². The Hall–Kier alpha value is -2.28. The molecule has 0 spiro atoms. The Morgan fingerprint density at radius 2 is 1.63 bits per heavy atom. The maximum absolute atomic E-state index is 6.34. The van der Waals surface area contributed by atoms with E-state index in [1.54, 1.807) is 0 Å². The molecule has 3 aromatic rings. The fourth-order valence-corrected chi connectivity index (χ4v) is 6.74. The van der Waals surface area contributed by atoms with E-state index in [9.17, 15) is 0 Å². The average Bonchev–Trinajstić information content (AvgIpc) is 3.33. The molecule has 0 N–H and O–H groups in total. The van der Waals surface area contributed by atoms with Crippen molar-refractivity contribution in [1.82, 2.24) is 19.4 Å². The molecule has 1 unspecified atom stereocenters. The Labute approximate surface area is 252 Å². The zero-order chi connectivity index (χ0) is 28.4. The van der Waals surface area contributed by atoms with Gasteiger partial charge in [0.1, 0.15) is 29.4 Å². The molecule has 0 saturated carbocycles. The van der Waals surface area contributed by atoms with Gasteiger partial charge in [0.25, 0.3) is 0 Å². The van der Waals surface area contributed by atoms with Crippen LogP contribution in [0.15, 0.2) is 42.5 Å². The smallest absolute Gasteiger partial charge is 0.148 e. The van der Waals surface area contributed by atoms with E-state index in [1.807, 2.05) is 24.3 Å². The molecule has 5 rings (SSSR count). The van der Waals surface area contributed by atoms with Gasteiger partial charge in [0.15, 0.2) is 0 Å². The number of likely N-dealkylation sites (tertiary alicyclic amines) is 2. The highest BCUT2D eigenvalue weighted by atomic mass is 35.5. The summed E-state index contributed by atoms with van der Waals surface area (Å²) in [5, 5.41) is 0.710. The normalized spacial score (nSPS) is 19.1. The predicted molar refractivity (Wildman–Crippen MR) is 169 cm³/mol. The van der Waals surface area contributed by atoms with E-state index in [1.165, 1.54) is 77.5 Å². The number of aryl methyl sites for hydroxylation is 1. The fraction of sp³-hybridized carbons (Fsp3) is 0.618. The Morgan fingerprint density at radius 3 is 2.44 bits per heavy atom. The van der Waals surface area contributed by atoms with Gasteiger partial charge in [-0.15, -0.1) is 0 Å². The van der Waals surface area contributed by atoms with Crippen LogP contribution in [0.4, 0.5) is 0 Å². The first-order valence-electron chi connectivity index (χ1n) is 15.9. The summed E-state index contributed by atoms with van der Waals surface area (Å²) < 4.78 is 14.8. The second-order valence-corrected chi connectivity index (χ2v) is 12.8. The van der Waals surface area contributed by atoms with Crippen LogP contribution in [0.5, 0.6) is 11.5 Å². The lowest BCUT2D eigenvalue weighted by Gasteiger charge is -2.29. The topological polar surface area (TPSA) is 42.8 Å². The third kappa shape index (κ3) is 8.86. The molecule has 7 heteroatoms. The van der Waals surface area contributed by atoms with Crippen molar-refractivity contribution in [3.63, 3.8) is 0 Å². The first kappa shape index (κ1) is 30.2. The minimum Gasteiger partial charge on any atom is -0.491 e. The lowest BCUT2D eigenvalue weighted by atomic mass is 9.91. The average molecular weight is 581 g/mol. The van der Waals surface area contributed by atoms with Gasteiger partial charge >= 0.3 is 0 Å². The number of aromatic nitrogens is 2. The van der Waals surface area contributed by atoms with Crippen LogP contribution in [0.1, 0.15) is 70.0 Å². The van der Waals surface area contributed by atoms with Gasteiger partial charge in [-0.2, -0.15) is 0 Å². The van der Waals surface area contributed by atoms with Crippen LogP contribution in [0, 0.1) is 11.8 Å². The zero-order valence-electron chi connectivity index (χ0n) is 25.2. The van der Waals surface area contributed by atoms with Crippen LogP contribution in [0.2, 0.25) is 5.02 Å². The van der Waals surface area contributed by atoms with Crippen molar-refractivity contribution in [2.75, 3.05) is 46.9 Å². The molecule has 2 aliphatic rings. The number of rotatable bonds is 14. The SMILES string of the molecule is CN1CCC(CCCCCOc2cccc3c2nc(COc2ccc(Cl)cc2)n3CCCC2CCCN(C)C2)CC1. The van der Waals surface area contributed by atoms with Crippen LogP contribution in [-0.2, 0) is 13.2 Å². The molecule has 2 aromatic carbocycles. The summed E-state index contributed by atoms with van der Waals surface area (Å²) in [7, 11) is 4.49. The number of imidazole rings is 1. The zero-order valence-corrected chi connectivity index (χ0v) is 26.0. The van der Waals surface area contributed by atoms with Crippen molar-refractivity contribution in [3.8, 4) is 11.5 Å². The second-order valence-electron chi connectivity index (χ2n) is 12.4. The standard InChI is InChI=1S/C34H49ClN4O2/c1-37-22-18-27(19-23-37)9-4-3-5-24-40-32-13-6-12-31-34(32)36-33(26-41-30-16-14-29(35)15-17-30)39(31)21-8-11-28-10-7-20-38(2)25-28/h6,12-17,27-28H,3-5,7-11,18-26H2,1-2H3. The van der Waals surface area contributed by atoms with Gasteiger partial charge in [0, 0.05) is 18.1 Å². The van der Waals surface area contributed by atoms with Crippen molar-refractivity contribution in [1.29, 1.82) is 0 Å². The molecule has 1 atom stereocenters. The maximum atomic E-state index is 6.34. The number of unbranched alkanes of at least 4 members (excludes halogenated alkanes) is 2. The predicted octanol–water partition coefficient (Wildman–Crippen LogP) is 7.67. The highest BCUT2D eigenvalue weighted by molar-refractivity contribution is 6.30. The van der Waals surface area contributed by atoms with Gasteiger partial charge in [-0.1, -0.05) is 36.9 Å². The van der Waals surface area contributed by atoms with Crippen LogP contribution in [0.3, 0.4) is 0 Å². The molecule has 2 saturated heterocycles. The Kier molecular flexibility index (Phi) is 11.2. The summed E-state index contributed by atoms with van der Waals surface area (Å²) in [5.41, 5.74) is 2.09. The molecule has 2 fully saturated rings. The van der Waals surface area contributed by atoms with Crippen LogP contribution < -0.4 is 9.47 Å². The van der Waals surface area contributed by atoms with Gasteiger partial charge in [0.2, 0.25) is 0 Å². The number of halogens is 1. The minimum atomic E-state index is 0.416. The molecule has 3 heterocycles. The van der Waals surface area contributed by atoms with Gasteiger partial charge < -0.3 is 23.8 Å². The number of fused-ring (bicyclic) bond motifs is 1. The number of hydrogen-bond acceptors (Lipinski definition) is 5. The fourth-order valence-electron chi connectivity index (χ4n) is 6.62. The number of nitrogens with zero attached hydrogens (tertiary/aromatic N) is 4. The lowest BCUT2D eigenvalue weighted by molar-refractivity contribution is 0.198. The summed E-state index contributed by atoms with van der Waals surface area (Å²) >= 11 is 6.07. The molecule has 6 nitrogen and oxygen atoms in total. The summed E-state index contributed by atoms with van der Waals surface area (Å²) in [4.78, 5) is 10.0. The largest absolute Gasteiger partial charge is 0.491 e. The molecule has 41 heavy (non-hydrogen) atoms. The molecule has 0 amide bonds. The number of benzene rings is 2. The van der Waals surface area contributed by atoms with E-state index >= 15 is 0 Å². The minimum absolute atomic E-state index is 0.416. The molecular weight excluding hydrogens is 532 g/mol. The molecule has 1 aromatic heterocycles. The van der Waals surface area contributed by atoms with Crippen LogP contribution in [-0.4, -0.2) is 66.2 Å². The first-order valence-corrected chi connectivity index (χ1v) is 16.3. The van der Waals surface area contributed by atoms with E-state index in [4.69, 9.17) is 26.1 Å². The highest BCUT2D eigenvalue weighted by Crippen LogP contribution is 2.29. The number of hydrogen-bond donors (Lipinski definition) is 0. The van der Waals surface area contributed by atoms with Crippen molar-refractivity contribution in [2.45, 2.75) is 77.4 Å². The third-order valence-electron chi connectivity index (χ3n) is 9.07. The quantitative estimate of drug-likeness (QED) is 0.183. The number of piperidine rings is 2. The summed E-state index contributed by atoms with van der Waals surface area (Å²) in [5.74, 6) is 4.34. The molecule has 0 radical (unpaired) electrons. The Morgan fingerprint density at radius 1 is 0.829 bits per heavy atom. The molecule has 0 bridgehead atoms. The third-order valence-corrected chi connectivity index (χ3v) is 9.32. The summed E-state index contributed by atoms with van der Waals surface area (Å²) in [6.07, 6.45) is 12.8. The van der Waals surface area contributed by atoms with Crippen LogP contribution in [0.25, 0.3) is 11.0 Å². The van der Waals surface area contributed by atoms with Crippen molar-refractivity contribution in [2.24, 2.45) is 11.8 Å². The monoisotopic (exact) mass is 580 g/mol. The summed E-state index contributed by atoms with van der Waals surface area (Å²) in [6.45, 7) is 7.06. The number of ether oxygens (including phenoxy) is 2. The van der Waals surface area contributed by atoms with Crippen molar-refractivity contribution < 1.29 is 9.47 Å². The lowest BCUT2D eigenvalue weighted by Crippen LogP contribution is -2.32. The molecule has 0 aliphatic carbocycles. The van der Waals surface area contributed by atoms with E-state index < -0.39 is 0 Å². The van der Waals surface area contributed by atoms with E-state index in [0.29, 0.717) is 11.6 Å². The van der Waals surface area contributed by atoms with Crippen molar-refractivity contribution in [3.05, 3.63) is 53.3 Å². The van der Waals surface area contributed by atoms with E-state index in [2.05, 4.69) is 46.7 Å². The van der Waals surface area contributed by atoms with E-state index in [0.717, 1.165) is 66.2 Å². The van der Waals surface area contributed by atoms with Crippen molar-refractivity contribution >= 4 is 22.6 Å². The van der Waals surface area contributed by atoms with Crippen LogP contribution >= 0.6 is 11.6 Å². The Balaban J connectivity index is 1.19. The van der Waals surface area contributed by atoms with Gasteiger partial charge in [-0.3, -0.25) is 0 Å². The van der Waals surface area contributed by atoms with E-state index in [-0.39, 0.29) is 0 Å². The molecule has 2 aliphatic heterocycles. The molecule has 224 valence electrons. The second kappa shape index (κ2) is 15.3. The van der Waals surface area contributed by atoms with Gasteiger partial charge in [-0.25, -0.2) is 4.98 Å². The Bertz CT molecular complexity index is 1210.